The Hall–Kier alpha value is -3.78. The summed E-state index contributed by atoms with van der Waals surface area (Å²) in [5.74, 6) is -0.425. The quantitative estimate of drug-likeness (QED) is 0.378. The molecular formula is C25H24N4O3S. The number of carboxylic acids is 1. The fraction of sp³-hybridized carbons (Fsp3) is 0.160. The summed E-state index contributed by atoms with van der Waals surface area (Å²) in [5.41, 5.74) is 2.85. The molecule has 3 aromatic carbocycles. The molecule has 168 valence electrons. The lowest BCUT2D eigenvalue weighted by Gasteiger charge is -2.13. The molecule has 3 aromatic rings. The Morgan fingerprint density at radius 2 is 1.79 bits per heavy atom. The normalized spacial score (nSPS) is 13.5. The van der Waals surface area contributed by atoms with E-state index in [-0.39, 0.29) is 5.91 Å². The van der Waals surface area contributed by atoms with Crippen LogP contribution in [0.2, 0.25) is 0 Å². The van der Waals surface area contributed by atoms with Gasteiger partial charge in [0.15, 0.2) is 5.96 Å². The minimum Gasteiger partial charge on any atom is -0.480 e. The molecular weight excluding hydrogens is 436 g/mol. The SMILES string of the molecule is O=C(Nc1cccc(SC(Cc2ccccc2)C(=O)O)c1)c1cccc(NC2=NCCN2)c1. The van der Waals surface area contributed by atoms with Crippen LogP contribution in [0.15, 0.2) is 88.8 Å². The standard InChI is InChI=1S/C25H24N4O3S/c30-23(18-8-4-9-19(15-18)29-25-26-12-13-27-25)28-20-10-5-11-21(16-20)33-22(24(31)32)14-17-6-2-1-3-7-17/h1-11,15-16,22H,12-14H2,(H,28,30)(H,31,32)(H2,26,27,29). The molecule has 0 fully saturated rings. The van der Waals surface area contributed by atoms with Crippen LogP contribution in [0.25, 0.3) is 0 Å². The molecule has 0 saturated carbocycles. The Bertz CT molecular complexity index is 1170. The van der Waals surface area contributed by atoms with Crippen LogP contribution in [-0.2, 0) is 11.2 Å². The summed E-state index contributed by atoms with van der Waals surface area (Å²) in [5, 5.41) is 18.2. The van der Waals surface area contributed by atoms with Crippen LogP contribution in [0.5, 0.6) is 0 Å². The van der Waals surface area contributed by atoms with Gasteiger partial charge in [-0.15, -0.1) is 11.8 Å². The van der Waals surface area contributed by atoms with Crippen LogP contribution >= 0.6 is 11.8 Å². The second-order valence-electron chi connectivity index (χ2n) is 7.48. The number of anilines is 2. The zero-order chi connectivity index (χ0) is 23.0. The maximum absolute atomic E-state index is 12.8. The van der Waals surface area contributed by atoms with Gasteiger partial charge >= 0.3 is 5.97 Å². The molecule has 7 nitrogen and oxygen atoms in total. The van der Waals surface area contributed by atoms with Gasteiger partial charge in [0.1, 0.15) is 5.25 Å². The lowest BCUT2D eigenvalue weighted by Crippen LogP contribution is -2.26. The van der Waals surface area contributed by atoms with Crippen molar-refractivity contribution in [3.63, 3.8) is 0 Å². The number of guanidine groups is 1. The second kappa shape index (κ2) is 10.7. The molecule has 4 rings (SSSR count). The number of carbonyl (C=O) groups is 2. The van der Waals surface area contributed by atoms with E-state index >= 15 is 0 Å². The van der Waals surface area contributed by atoms with Crippen molar-refractivity contribution in [3.05, 3.63) is 90.0 Å². The molecule has 0 saturated heterocycles. The van der Waals surface area contributed by atoms with Crippen molar-refractivity contribution in [1.29, 1.82) is 0 Å². The fourth-order valence-corrected chi connectivity index (χ4v) is 4.44. The van der Waals surface area contributed by atoms with E-state index in [1.54, 1.807) is 36.4 Å². The van der Waals surface area contributed by atoms with Gasteiger partial charge in [-0.3, -0.25) is 14.6 Å². The number of thioether (sulfide) groups is 1. The van der Waals surface area contributed by atoms with E-state index in [0.717, 1.165) is 29.2 Å². The Morgan fingerprint density at radius 3 is 2.55 bits per heavy atom. The van der Waals surface area contributed by atoms with Gasteiger partial charge in [0.05, 0.1) is 6.54 Å². The second-order valence-corrected chi connectivity index (χ2v) is 8.76. The maximum Gasteiger partial charge on any atom is 0.317 e. The maximum atomic E-state index is 12.8. The molecule has 8 heteroatoms. The van der Waals surface area contributed by atoms with Crippen LogP contribution < -0.4 is 16.0 Å². The lowest BCUT2D eigenvalue weighted by atomic mass is 10.1. The van der Waals surface area contributed by atoms with E-state index in [1.807, 2.05) is 42.5 Å². The first-order valence-corrected chi connectivity index (χ1v) is 11.4. The number of benzene rings is 3. The van der Waals surface area contributed by atoms with Crippen LogP contribution in [0.3, 0.4) is 0 Å². The predicted octanol–water partition coefficient (Wildman–Crippen LogP) is 4.10. The number of hydrogen-bond donors (Lipinski definition) is 4. The van der Waals surface area contributed by atoms with Crippen molar-refractivity contribution in [2.45, 2.75) is 16.6 Å². The number of aliphatic imine (C=N–C) groups is 1. The van der Waals surface area contributed by atoms with Crippen molar-refractivity contribution in [2.24, 2.45) is 4.99 Å². The van der Waals surface area contributed by atoms with Gasteiger partial charge in [-0.2, -0.15) is 0 Å². The lowest BCUT2D eigenvalue weighted by molar-refractivity contribution is -0.136. The first-order chi connectivity index (χ1) is 16.1. The van der Waals surface area contributed by atoms with Gasteiger partial charge in [-0.1, -0.05) is 42.5 Å². The van der Waals surface area contributed by atoms with Crippen LogP contribution in [0.4, 0.5) is 11.4 Å². The van der Waals surface area contributed by atoms with Crippen molar-refractivity contribution < 1.29 is 14.7 Å². The molecule has 0 spiro atoms. The molecule has 0 aliphatic carbocycles. The van der Waals surface area contributed by atoms with Gasteiger partial charge in [-0.05, 0) is 48.4 Å². The minimum absolute atomic E-state index is 0.249. The third-order valence-corrected chi connectivity index (χ3v) is 6.15. The number of nitrogens with one attached hydrogen (secondary N) is 3. The number of amides is 1. The van der Waals surface area contributed by atoms with Crippen LogP contribution in [0.1, 0.15) is 15.9 Å². The molecule has 1 aliphatic rings. The molecule has 33 heavy (non-hydrogen) atoms. The summed E-state index contributed by atoms with van der Waals surface area (Å²) in [6.07, 6.45) is 0.414. The van der Waals surface area contributed by atoms with E-state index in [2.05, 4.69) is 20.9 Å². The molecule has 1 atom stereocenters. The van der Waals surface area contributed by atoms with Crippen LogP contribution in [0, 0.1) is 0 Å². The zero-order valence-corrected chi connectivity index (χ0v) is 18.6. The van der Waals surface area contributed by atoms with Gasteiger partial charge in [0.2, 0.25) is 0 Å². The number of carboxylic acid groups (broad SMARTS) is 1. The highest BCUT2D eigenvalue weighted by atomic mass is 32.2. The Morgan fingerprint density at radius 1 is 1.00 bits per heavy atom. The van der Waals surface area contributed by atoms with Crippen molar-refractivity contribution >= 4 is 41.0 Å². The summed E-state index contributed by atoms with van der Waals surface area (Å²) in [6.45, 7) is 1.52. The predicted molar refractivity (Wildman–Crippen MR) is 132 cm³/mol. The summed E-state index contributed by atoms with van der Waals surface area (Å²) >= 11 is 1.27. The molecule has 0 aromatic heterocycles. The van der Waals surface area contributed by atoms with E-state index in [9.17, 15) is 14.7 Å². The summed E-state index contributed by atoms with van der Waals surface area (Å²) < 4.78 is 0. The van der Waals surface area contributed by atoms with Gasteiger partial charge in [0.25, 0.3) is 5.91 Å². The number of hydrogen-bond acceptors (Lipinski definition) is 6. The molecule has 1 aliphatic heterocycles. The average Bonchev–Trinajstić information content (AvgIpc) is 3.33. The third kappa shape index (κ3) is 6.36. The molecule has 4 N–H and O–H groups in total. The zero-order valence-electron chi connectivity index (χ0n) is 17.8. The van der Waals surface area contributed by atoms with Gasteiger partial charge in [0, 0.05) is 28.4 Å². The molecule has 0 radical (unpaired) electrons. The first kappa shape index (κ1) is 22.4. The van der Waals surface area contributed by atoms with Gasteiger partial charge in [-0.25, -0.2) is 0 Å². The first-order valence-electron chi connectivity index (χ1n) is 10.6. The topological polar surface area (TPSA) is 103 Å². The molecule has 1 heterocycles. The third-order valence-electron chi connectivity index (χ3n) is 4.97. The Kier molecular flexibility index (Phi) is 7.26. The van der Waals surface area contributed by atoms with Gasteiger partial charge < -0.3 is 21.1 Å². The highest BCUT2D eigenvalue weighted by Crippen LogP contribution is 2.28. The highest BCUT2D eigenvalue weighted by Gasteiger charge is 2.20. The van der Waals surface area contributed by atoms with E-state index in [1.165, 1.54) is 11.8 Å². The molecule has 0 bridgehead atoms. The van der Waals surface area contributed by atoms with Crippen molar-refractivity contribution in [1.82, 2.24) is 5.32 Å². The van der Waals surface area contributed by atoms with Crippen molar-refractivity contribution in [2.75, 3.05) is 23.7 Å². The number of carbonyl (C=O) groups excluding carboxylic acids is 1. The largest absolute Gasteiger partial charge is 0.480 e. The summed E-state index contributed by atoms with van der Waals surface area (Å²) in [4.78, 5) is 29.7. The van der Waals surface area contributed by atoms with E-state index in [0.29, 0.717) is 23.6 Å². The van der Waals surface area contributed by atoms with E-state index in [4.69, 9.17) is 0 Å². The number of nitrogens with zero attached hydrogens (tertiary/aromatic N) is 1. The number of rotatable bonds is 8. The number of aliphatic carboxylic acids is 1. The highest BCUT2D eigenvalue weighted by molar-refractivity contribution is 8.00. The van der Waals surface area contributed by atoms with Crippen molar-refractivity contribution in [3.8, 4) is 0 Å². The fourth-order valence-electron chi connectivity index (χ4n) is 3.38. The Labute approximate surface area is 196 Å². The van der Waals surface area contributed by atoms with Crippen LogP contribution in [-0.4, -0.2) is 41.3 Å². The smallest absolute Gasteiger partial charge is 0.317 e. The molecule has 1 amide bonds. The summed E-state index contributed by atoms with van der Waals surface area (Å²) in [6, 6.07) is 24.0. The summed E-state index contributed by atoms with van der Waals surface area (Å²) in [7, 11) is 0. The average molecular weight is 461 g/mol. The minimum atomic E-state index is -0.871. The Balaban J connectivity index is 1.42. The monoisotopic (exact) mass is 460 g/mol. The van der Waals surface area contributed by atoms with E-state index < -0.39 is 11.2 Å². The molecule has 1 unspecified atom stereocenters.